The van der Waals surface area contributed by atoms with Gasteiger partial charge in [-0.1, -0.05) is 6.92 Å². The van der Waals surface area contributed by atoms with Gasteiger partial charge in [-0.3, -0.25) is 9.69 Å². The molecule has 2 aliphatic rings. The van der Waals surface area contributed by atoms with Crippen LogP contribution in [0.3, 0.4) is 0 Å². The van der Waals surface area contributed by atoms with E-state index in [0.717, 1.165) is 60.6 Å². The Morgan fingerprint density at radius 1 is 1.24 bits per heavy atom. The number of aromatic nitrogens is 4. The molecule has 1 aromatic carbocycles. The smallest absolute Gasteiger partial charge is 0.254 e. The van der Waals surface area contributed by atoms with Gasteiger partial charge in [0, 0.05) is 24.3 Å². The zero-order valence-corrected chi connectivity index (χ0v) is 19.5. The van der Waals surface area contributed by atoms with Crippen molar-refractivity contribution >= 4 is 5.91 Å². The van der Waals surface area contributed by atoms with Crippen LogP contribution in [-0.4, -0.2) is 63.3 Å². The van der Waals surface area contributed by atoms with E-state index < -0.39 is 0 Å². The molecular formula is C25H30N6O2. The number of carbonyl (C=O) groups is 1. The lowest BCUT2D eigenvalue weighted by Gasteiger charge is -2.22. The lowest BCUT2D eigenvalue weighted by molar-refractivity contribution is 0.0940. The van der Waals surface area contributed by atoms with E-state index >= 15 is 0 Å². The first-order valence-corrected chi connectivity index (χ1v) is 11.7. The summed E-state index contributed by atoms with van der Waals surface area (Å²) in [5, 5.41) is 7.55. The highest BCUT2D eigenvalue weighted by atomic mass is 16.5. The predicted molar refractivity (Wildman–Crippen MR) is 126 cm³/mol. The Morgan fingerprint density at radius 3 is 2.91 bits per heavy atom. The van der Waals surface area contributed by atoms with Crippen LogP contribution in [0.2, 0.25) is 0 Å². The summed E-state index contributed by atoms with van der Waals surface area (Å²) in [5.41, 5.74) is 5.65. The van der Waals surface area contributed by atoms with Gasteiger partial charge in [-0.05, 0) is 75.0 Å². The van der Waals surface area contributed by atoms with E-state index in [1.807, 2.05) is 19.2 Å². The van der Waals surface area contributed by atoms with Gasteiger partial charge in [0.2, 0.25) is 0 Å². The van der Waals surface area contributed by atoms with Gasteiger partial charge in [-0.2, -0.15) is 5.10 Å². The van der Waals surface area contributed by atoms with Crippen molar-refractivity contribution in [1.29, 1.82) is 0 Å². The van der Waals surface area contributed by atoms with Crippen molar-refractivity contribution in [3.63, 3.8) is 0 Å². The number of nitrogens with one attached hydrogen (secondary N) is 1. The van der Waals surface area contributed by atoms with Gasteiger partial charge in [-0.25, -0.2) is 14.6 Å². The highest BCUT2D eigenvalue weighted by Crippen LogP contribution is 2.34. The van der Waals surface area contributed by atoms with Crippen LogP contribution in [-0.2, 0) is 12.8 Å². The molecule has 0 bridgehead atoms. The number of likely N-dealkylation sites (N-methyl/N-ethyl adjacent to an activating group) is 1. The SMILES string of the molecule is CCN1CCC[C@H]1CNC(=O)c1cnn(-c2ncc3c(n2)-c2ccc(OC)cc2CC3)c1C. The maximum atomic E-state index is 12.9. The molecule has 33 heavy (non-hydrogen) atoms. The van der Waals surface area contributed by atoms with E-state index in [2.05, 4.69) is 39.4 Å². The molecule has 0 unspecified atom stereocenters. The molecule has 0 saturated carbocycles. The molecular weight excluding hydrogens is 416 g/mol. The number of hydrogen-bond acceptors (Lipinski definition) is 6. The van der Waals surface area contributed by atoms with Crippen molar-refractivity contribution in [3.05, 3.63) is 53.0 Å². The Hall–Kier alpha value is -3.26. The van der Waals surface area contributed by atoms with Gasteiger partial charge in [0.15, 0.2) is 0 Å². The summed E-state index contributed by atoms with van der Waals surface area (Å²) in [6.45, 7) is 6.84. The summed E-state index contributed by atoms with van der Waals surface area (Å²) >= 11 is 0. The second kappa shape index (κ2) is 8.94. The third kappa shape index (κ3) is 3.99. The van der Waals surface area contributed by atoms with Crippen molar-refractivity contribution in [2.75, 3.05) is 26.7 Å². The number of likely N-dealkylation sites (tertiary alicyclic amines) is 1. The summed E-state index contributed by atoms with van der Waals surface area (Å²) in [5.74, 6) is 1.23. The standard InChI is InChI=1S/C25H30N6O2/c1-4-30-11-5-6-19(30)14-26-24(32)22-15-28-31(16(22)2)25-27-13-18-8-7-17-12-20(33-3)9-10-21(17)23(18)29-25/h9-10,12-13,15,19H,4-8,11,14H2,1-3H3,(H,26,32)/t19-/m0/s1. The van der Waals surface area contributed by atoms with Crippen molar-refractivity contribution < 1.29 is 9.53 Å². The highest BCUT2D eigenvalue weighted by Gasteiger charge is 2.25. The first-order valence-electron chi connectivity index (χ1n) is 11.7. The zero-order valence-electron chi connectivity index (χ0n) is 19.5. The fourth-order valence-electron chi connectivity index (χ4n) is 5.00. The van der Waals surface area contributed by atoms with Crippen LogP contribution in [0, 0.1) is 6.92 Å². The quantitative estimate of drug-likeness (QED) is 0.627. The highest BCUT2D eigenvalue weighted by molar-refractivity contribution is 5.95. The number of rotatable bonds is 6. The van der Waals surface area contributed by atoms with Gasteiger partial charge in [0.05, 0.1) is 30.3 Å². The van der Waals surface area contributed by atoms with Crippen LogP contribution in [0.15, 0.2) is 30.6 Å². The fraction of sp³-hybridized carbons (Fsp3) is 0.440. The number of benzene rings is 1. The first-order chi connectivity index (χ1) is 16.1. The van der Waals surface area contributed by atoms with Crippen LogP contribution in [0.4, 0.5) is 0 Å². The Morgan fingerprint density at radius 2 is 2.09 bits per heavy atom. The molecule has 5 rings (SSSR count). The number of carbonyl (C=O) groups excluding carboxylic acids is 1. The molecule has 8 heteroatoms. The third-order valence-electron chi connectivity index (χ3n) is 6.93. The van der Waals surface area contributed by atoms with E-state index in [4.69, 9.17) is 9.72 Å². The average Bonchev–Trinajstić information content (AvgIpc) is 3.47. The molecule has 2 aromatic heterocycles. The minimum atomic E-state index is -0.0999. The summed E-state index contributed by atoms with van der Waals surface area (Å²) in [6.07, 6.45) is 7.63. The maximum Gasteiger partial charge on any atom is 0.254 e. The van der Waals surface area contributed by atoms with Crippen molar-refractivity contribution in [3.8, 4) is 23.0 Å². The molecule has 1 amide bonds. The van der Waals surface area contributed by atoms with E-state index in [9.17, 15) is 4.79 Å². The number of methoxy groups -OCH3 is 1. The van der Waals surface area contributed by atoms with Crippen LogP contribution in [0.1, 0.15) is 46.9 Å². The lowest BCUT2D eigenvalue weighted by Crippen LogP contribution is -2.40. The number of hydrogen-bond donors (Lipinski definition) is 1. The van der Waals surface area contributed by atoms with Gasteiger partial charge in [0.25, 0.3) is 11.9 Å². The van der Waals surface area contributed by atoms with Crippen LogP contribution < -0.4 is 10.1 Å². The zero-order chi connectivity index (χ0) is 22.9. The van der Waals surface area contributed by atoms with Gasteiger partial charge < -0.3 is 10.1 Å². The Bertz CT molecular complexity index is 1190. The summed E-state index contributed by atoms with van der Waals surface area (Å²) in [4.78, 5) is 24.7. The minimum Gasteiger partial charge on any atom is -0.497 e. The number of aryl methyl sites for hydroxylation is 2. The lowest BCUT2D eigenvalue weighted by atomic mass is 9.90. The Kier molecular flexibility index (Phi) is 5.85. The second-order valence-electron chi connectivity index (χ2n) is 8.76. The molecule has 1 fully saturated rings. The van der Waals surface area contributed by atoms with Gasteiger partial charge in [-0.15, -0.1) is 0 Å². The van der Waals surface area contributed by atoms with Crippen molar-refractivity contribution in [1.82, 2.24) is 30.0 Å². The molecule has 0 radical (unpaired) electrons. The molecule has 1 aliphatic heterocycles. The second-order valence-corrected chi connectivity index (χ2v) is 8.76. The molecule has 1 atom stereocenters. The number of amides is 1. The Labute approximate surface area is 194 Å². The normalized spacial score (nSPS) is 17.5. The van der Waals surface area contributed by atoms with Crippen molar-refractivity contribution in [2.45, 2.75) is 45.6 Å². The summed E-state index contributed by atoms with van der Waals surface area (Å²) in [6, 6.07) is 6.50. The fourth-order valence-corrected chi connectivity index (χ4v) is 5.00. The maximum absolute atomic E-state index is 12.9. The van der Waals surface area contributed by atoms with E-state index in [1.165, 1.54) is 12.0 Å². The topological polar surface area (TPSA) is 85.2 Å². The van der Waals surface area contributed by atoms with E-state index in [-0.39, 0.29) is 5.91 Å². The monoisotopic (exact) mass is 446 g/mol. The molecule has 3 heterocycles. The molecule has 3 aromatic rings. The third-order valence-corrected chi connectivity index (χ3v) is 6.93. The number of ether oxygens (including phenoxy) is 1. The van der Waals surface area contributed by atoms with E-state index in [0.29, 0.717) is 24.1 Å². The molecule has 0 spiro atoms. The van der Waals surface area contributed by atoms with Gasteiger partial charge >= 0.3 is 0 Å². The largest absolute Gasteiger partial charge is 0.497 e. The van der Waals surface area contributed by atoms with Crippen LogP contribution in [0.5, 0.6) is 5.75 Å². The first kappa shape index (κ1) is 21.6. The van der Waals surface area contributed by atoms with Crippen LogP contribution >= 0.6 is 0 Å². The average molecular weight is 447 g/mol. The summed E-state index contributed by atoms with van der Waals surface area (Å²) < 4.78 is 7.03. The number of fused-ring (bicyclic) bond motifs is 3. The molecule has 1 N–H and O–H groups in total. The van der Waals surface area contributed by atoms with E-state index in [1.54, 1.807) is 18.0 Å². The summed E-state index contributed by atoms with van der Waals surface area (Å²) in [7, 11) is 1.68. The van der Waals surface area contributed by atoms with Crippen molar-refractivity contribution in [2.24, 2.45) is 0 Å². The molecule has 1 saturated heterocycles. The molecule has 8 nitrogen and oxygen atoms in total. The van der Waals surface area contributed by atoms with Gasteiger partial charge in [0.1, 0.15) is 5.75 Å². The molecule has 172 valence electrons. The van der Waals surface area contributed by atoms with Crippen LogP contribution in [0.25, 0.3) is 17.2 Å². The predicted octanol–water partition coefficient (Wildman–Crippen LogP) is 2.96. The minimum absolute atomic E-state index is 0.0999. The number of nitrogens with zero attached hydrogens (tertiary/aromatic N) is 5. The molecule has 1 aliphatic carbocycles. The Balaban J connectivity index is 1.38.